The molecule has 3 N–H and O–H groups in total. The van der Waals surface area contributed by atoms with E-state index in [-0.39, 0.29) is 69.6 Å². The van der Waals surface area contributed by atoms with Crippen molar-refractivity contribution in [2.45, 2.75) is 33.1 Å². The number of aromatic hydroxyl groups is 3. The van der Waals surface area contributed by atoms with E-state index in [9.17, 15) is 15.3 Å². The molecule has 0 fully saturated rings. The van der Waals surface area contributed by atoms with Gasteiger partial charge in [0.15, 0.2) is 0 Å². The van der Waals surface area contributed by atoms with Crippen LogP contribution < -0.4 is 0 Å². The number of thiazole rings is 3. The molecule has 0 radical (unpaired) electrons. The van der Waals surface area contributed by atoms with Crippen molar-refractivity contribution in [3.05, 3.63) is 169 Å². The van der Waals surface area contributed by atoms with Crippen molar-refractivity contribution in [1.82, 2.24) is 15.0 Å². The first kappa shape index (κ1) is 48.5. The van der Waals surface area contributed by atoms with E-state index in [4.69, 9.17) is 0 Å². The fourth-order valence-electron chi connectivity index (χ4n) is 6.58. The van der Waals surface area contributed by atoms with E-state index in [2.05, 4.69) is 66.1 Å². The molecular formula is C50H41N3O3S3Zn3. The number of fused-ring (bicyclic) bond motifs is 3. The quantitative estimate of drug-likeness (QED) is 0.152. The predicted molar refractivity (Wildman–Crippen MR) is 249 cm³/mol. The molecular weight excluding hydrogens is 983 g/mol. The summed E-state index contributed by atoms with van der Waals surface area (Å²) < 4.78 is 3.41. The maximum Gasteiger partial charge on any atom is 0.128 e. The normalized spacial score (nSPS) is 10.7. The van der Waals surface area contributed by atoms with Gasteiger partial charge in [-0.25, -0.2) is 15.0 Å². The second kappa shape index (κ2) is 21.2. The van der Waals surface area contributed by atoms with Gasteiger partial charge < -0.3 is 15.3 Å². The van der Waals surface area contributed by atoms with Crippen LogP contribution in [0.3, 0.4) is 0 Å². The number of rotatable bonds is 4. The van der Waals surface area contributed by atoms with Gasteiger partial charge in [0, 0.05) is 58.4 Å². The van der Waals surface area contributed by atoms with E-state index in [1.54, 1.807) is 46.1 Å². The van der Waals surface area contributed by atoms with Crippen molar-refractivity contribution in [2.75, 3.05) is 0 Å². The Balaban J connectivity index is 0.000000173. The minimum Gasteiger partial charge on any atom is -0.507 e. The summed E-state index contributed by atoms with van der Waals surface area (Å²) in [5.41, 5.74) is 9.76. The zero-order valence-corrected chi connectivity index (χ0v) is 46.4. The summed E-state index contributed by atoms with van der Waals surface area (Å²) >= 11 is 4.81. The van der Waals surface area contributed by atoms with Crippen LogP contribution in [0.2, 0.25) is 0 Å². The molecule has 0 aliphatic carbocycles. The van der Waals surface area contributed by atoms with Crippen LogP contribution in [0.1, 0.15) is 31.9 Å². The first-order valence-corrected chi connectivity index (χ1v) is 21.5. The summed E-state index contributed by atoms with van der Waals surface area (Å²) in [6.45, 7) is 8.40. The van der Waals surface area contributed by atoms with Gasteiger partial charge in [-0.3, -0.25) is 0 Å². The Labute approximate surface area is 411 Å². The van der Waals surface area contributed by atoms with Crippen LogP contribution in [0.15, 0.2) is 158 Å². The Morgan fingerprint density at radius 2 is 0.919 bits per heavy atom. The van der Waals surface area contributed by atoms with Crippen molar-refractivity contribution in [3.8, 4) is 60.1 Å². The van der Waals surface area contributed by atoms with Crippen LogP contribution in [-0.4, -0.2) is 30.3 Å². The van der Waals surface area contributed by atoms with Crippen LogP contribution >= 0.6 is 34.0 Å². The molecule has 0 saturated heterocycles. The topological polar surface area (TPSA) is 99.4 Å². The molecule has 6 nitrogen and oxygen atoms in total. The van der Waals surface area contributed by atoms with Crippen LogP contribution in [-0.2, 0) is 63.8 Å². The summed E-state index contributed by atoms with van der Waals surface area (Å²) in [5, 5.41) is 33.0. The van der Waals surface area contributed by atoms with Gasteiger partial charge in [0.2, 0.25) is 0 Å². The zero-order valence-electron chi connectivity index (χ0n) is 35.0. The summed E-state index contributed by atoms with van der Waals surface area (Å²) in [7, 11) is 0. The molecule has 298 valence electrons. The number of para-hydroxylation sites is 3. The summed E-state index contributed by atoms with van der Waals surface area (Å²) in [4.78, 5) is 13.8. The van der Waals surface area contributed by atoms with Gasteiger partial charge in [-0.15, -0.1) is 34.0 Å². The Kier molecular flexibility index (Phi) is 16.6. The number of aromatic nitrogens is 3. The number of benzene rings is 7. The minimum atomic E-state index is 0. The molecule has 0 bridgehead atoms. The fourth-order valence-corrected chi connectivity index (χ4v) is 9.66. The molecule has 0 saturated carbocycles. The second-order valence-electron chi connectivity index (χ2n) is 15.0. The maximum absolute atomic E-state index is 10.3. The van der Waals surface area contributed by atoms with Crippen LogP contribution in [0, 0.1) is 6.92 Å². The average molecular weight is 1020 g/mol. The first-order chi connectivity index (χ1) is 28.5. The Morgan fingerprint density at radius 3 is 1.44 bits per heavy atom. The van der Waals surface area contributed by atoms with Crippen molar-refractivity contribution in [3.63, 3.8) is 0 Å². The van der Waals surface area contributed by atoms with Gasteiger partial charge in [-0.1, -0.05) is 112 Å². The summed E-state index contributed by atoms with van der Waals surface area (Å²) in [5.74, 6) is 0.860. The zero-order chi connectivity index (χ0) is 41.1. The molecule has 0 atom stereocenters. The molecule has 0 aliphatic rings. The van der Waals surface area contributed by atoms with Gasteiger partial charge >= 0.3 is 0 Å². The molecule has 3 heterocycles. The number of phenolic OH excluding ortho intramolecular Hbond substituents is 3. The third-order valence-electron chi connectivity index (χ3n) is 9.77. The van der Waals surface area contributed by atoms with Gasteiger partial charge in [-0.05, 0) is 101 Å². The average Bonchev–Trinajstić information content (AvgIpc) is 3.98. The standard InChI is InChI=1S/C19H13NOS.C17H17NOS.C14H11NOS.3Zn/c21-17-11-10-14(13-6-2-1-3-7-13)12-15(17)19-20-16-8-4-5-9-18(16)22-19;1-17(2,3)11-8-9-12(14(19)10-11)16-18-13-6-4-5-7-15(13)20-16;1-9-5-4-7-11(16)13(9)14-15-10-6-2-3-8-12(10)17-14;;;/h1-12,21H;4-10,19H,1-3H3;2-8,16H,1H3;;;. The molecule has 3 aromatic heterocycles. The molecule has 7 aromatic carbocycles. The van der Waals surface area contributed by atoms with Gasteiger partial charge in [-0.2, -0.15) is 0 Å². The molecule has 12 heteroatoms. The Morgan fingerprint density at radius 1 is 0.419 bits per heavy atom. The SMILES string of the molecule is CC(C)(C)c1ccc(-c2nc3ccccc3s2)c(O)c1.Cc1cccc(O)c1-c1nc2ccccc2s1.Oc1ccc(-c2ccccc2)cc1-c1nc2ccccc2s1.[Zn].[Zn].[Zn]. The van der Waals surface area contributed by atoms with E-state index >= 15 is 0 Å². The molecule has 0 amide bonds. The summed E-state index contributed by atoms with van der Waals surface area (Å²) in [6.07, 6.45) is 0. The van der Waals surface area contributed by atoms with Crippen LogP contribution in [0.25, 0.3) is 73.5 Å². The van der Waals surface area contributed by atoms with Crippen molar-refractivity contribution in [1.29, 1.82) is 0 Å². The van der Waals surface area contributed by atoms with E-state index < -0.39 is 0 Å². The fraction of sp³-hybridized carbons (Fsp3) is 0.100. The van der Waals surface area contributed by atoms with Gasteiger partial charge in [0.25, 0.3) is 0 Å². The van der Waals surface area contributed by atoms with Crippen LogP contribution in [0.5, 0.6) is 17.2 Å². The van der Waals surface area contributed by atoms with Crippen LogP contribution in [0.4, 0.5) is 0 Å². The number of aryl methyl sites for hydroxylation is 1. The third-order valence-corrected chi connectivity index (χ3v) is 13.0. The van der Waals surface area contributed by atoms with E-state index in [0.717, 1.165) is 84.6 Å². The van der Waals surface area contributed by atoms with Gasteiger partial charge in [0.05, 0.1) is 47.3 Å². The van der Waals surface area contributed by atoms with E-state index in [0.29, 0.717) is 11.5 Å². The largest absolute Gasteiger partial charge is 0.507 e. The van der Waals surface area contributed by atoms with Crippen molar-refractivity contribution >= 4 is 64.7 Å². The molecule has 0 unspecified atom stereocenters. The predicted octanol–water partition coefficient (Wildman–Crippen LogP) is 14.3. The molecule has 0 aliphatic heterocycles. The van der Waals surface area contributed by atoms with Crippen molar-refractivity contribution in [2.24, 2.45) is 0 Å². The van der Waals surface area contributed by atoms with E-state index in [1.807, 2.05) is 122 Å². The minimum absolute atomic E-state index is 0. The maximum atomic E-state index is 10.3. The molecule has 10 aromatic rings. The second-order valence-corrected chi connectivity index (χ2v) is 18.1. The number of hydrogen-bond donors (Lipinski definition) is 3. The Bertz CT molecular complexity index is 2950. The first-order valence-electron chi connectivity index (χ1n) is 19.1. The third kappa shape index (κ3) is 11.0. The van der Waals surface area contributed by atoms with E-state index in [1.165, 1.54) is 0 Å². The Hall–Kier alpha value is -4.52. The monoisotopic (exact) mass is 1020 g/mol. The van der Waals surface area contributed by atoms with Gasteiger partial charge in [0.1, 0.15) is 32.3 Å². The van der Waals surface area contributed by atoms with Crippen molar-refractivity contribution < 1.29 is 73.8 Å². The smallest absolute Gasteiger partial charge is 0.128 e. The summed E-state index contributed by atoms with van der Waals surface area (Å²) in [6, 6.07) is 51.3. The molecule has 10 rings (SSSR count). The molecule has 0 spiro atoms. The number of phenols is 3. The number of hydrogen-bond acceptors (Lipinski definition) is 9. The number of nitrogens with zero attached hydrogens (tertiary/aromatic N) is 3. The molecule has 62 heavy (non-hydrogen) atoms.